The fraction of sp³-hybridized carbons (Fsp3) is 0.357. The number of aromatic nitrogens is 2. The van der Waals surface area contributed by atoms with Gasteiger partial charge in [-0.3, -0.25) is 0 Å². The van der Waals surface area contributed by atoms with Gasteiger partial charge in [-0.25, -0.2) is 4.98 Å². The third-order valence-corrected chi connectivity index (χ3v) is 3.34. The van der Waals surface area contributed by atoms with Crippen LogP contribution in [0.1, 0.15) is 23.7 Å². The number of aryl methyl sites for hydroxylation is 2. The first-order valence-corrected chi connectivity index (χ1v) is 6.47. The maximum absolute atomic E-state index is 12.2. The smallest absolute Gasteiger partial charge is 0.387 e. The van der Waals surface area contributed by atoms with Crippen molar-refractivity contribution in [3.05, 3.63) is 41.7 Å². The fourth-order valence-electron chi connectivity index (χ4n) is 2.49. The van der Waals surface area contributed by atoms with Gasteiger partial charge in [-0.1, -0.05) is 12.1 Å². The van der Waals surface area contributed by atoms with Crippen molar-refractivity contribution in [1.82, 2.24) is 9.55 Å². The molecule has 1 aromatic heterocycles. The highest BCUT2D eigenvalue weighted by molar-refractivity contribution is 5.39. The molecule has 1 aliphatic rings. The van der Waals surface area contributed by atoms with E-state index in [2.05, 4.69) is 19.6 Å². The maximum Gasteiger partial charge on any atom is 0.387 e. The van der Waals surface area contributed by atoms with Crippen LogP contribution in [0.4, 0.5) is 14.7 Å². The highest BCUT2D eigenvalue weighted by Crippen LogP contribution is 2.30. The molecule has 20 heavy (non-hydrogen) atoms. The van der Waals surface area contributed by atoms with Crippen molar-refractivity contribution >= 4 is 5.95 Å². The molecule has 1 N–H and O–H groups in total. The van der Waals surface area contributed by atoms with E-state index < -0.39 is 6.61 Å². The molecule has 0 radical (unpaired) electrons. The van der Waals surface area contributed by atoms with Crippen LogP contribution in [-0.2, 0) is 6.54 Å². The molecular formula is C14H15F2N3O. The molecule has 1 aliphatic heterocycles. The molecule has 0 spiro atoms. The second-order valence-corrected chi connectivity index (χ2v) is 4.84. The summed E-state index contributed by atoms with van der Waals surface area (Å²) < 4.78 is 31.0. The summed E-state index contributed by atoms with van der Waals surface area (Å²) in [6.45, 7) is -0.00141. The molecule has 6 heteroatoms. The van der Waals surface area contributed by atoms with Crippen molar-refractivity contribution in [3.63, 3.8) is 0 Å². The van der Waals surface area contributed by atoms with Gasteiger partial charge in [0.05, 0.1) is 11.7 Å². The van der Waals surface area contributed by atoms with Crippen LogP contribution >= 0.6 is 0 Å². The Hall–Kier alpha value is -2.11. The van der Waals surface area contributed by atoms with Gasteiger partial charge >= 0.3 is 6.61 Å². The molecule has 0 amide bonds. The van der Waals surface area contributed by atoms with Gasteiger partial charge in [-0.2, -0.15) is 8.78 Å². The lowest BCUT2D eigenvalue weighted by molar-refractivity contribution is -0.0498. The normalized spacial score (nSPS) is 17.7. The topological polar surface area (TPSA) is 39.1 Å². The first-order valence-electron chi connectivity index (χ1n) is 6.47. The zero-order valence-electron chi connectivity index (χ0n) is 11.0. The van der Waals surface area contributed by atoms with Crippen molar-refractivity contribution in [2.45, 2.75) is 32.5 Å². The quantitative estimate of drug-likeness (QED) is 0.936. The van der Waals surface area contributed by atoms with Crippen molar-refractivity contribution < 1.29 is 13.5 Å². The average Bonchev–Trinajstić information content (AvgIpc) is 2.77. The maximum atomic E-state index is 12.2. The number of hydrogen-bond donors (Lipinski definition) is 1. The monoisotopic (exact) mass is 279 g/mol. The molecule has 1 unspecified atom stereocenters. The minimum Gasteiger partial charge on any atom is -0.435 e. The van der Waals surface area contributed by atoms with E-state index >= 15 is 0 Å². The number of halogens is 2. The Labute approximate surface area is 115 Å². The van der Waals surface area contributed by atoms with E-state index in [9.17, 15) is 8.78 Å². The highest BCUT2D eigenvalue weighted by Gasteiger charge is 2.21. The van der Waals surface area contributed by atoms with Crippen LogP contribution in [0.3, 0.4) is 0 Å². The summed E-state index contributed by atoms with van der Waals surface area (Å²) in [5, 5.41) is 3.32. The Morgan fingerprint density at radius 3 is 3.10 bits per heavy atom. The van der Waals surface area contributed by atoms with Crippen LogP contribution in [0.25, 0.3) is 0 Å². The average molecular weight is 279 g/mol. The van der Waals surface area contributed by atoms with Crippen molar-refractivity contribution in [2.24, 2.45) is 0 Å². The van der Waals surface area contributed by atoms with Crippen LogP contribution in [0.2, 0.25) is 0 Å². The molecule has 0 aliphatic carbocycles. The Morgan fingerprint density at radius 2 is 2.30 bits per heavy atom. The largest absolute Gasteiger partial charge is 0.435 e. The molecule has 0 fully saturated rings. The Balaban J connectivity index is 1.80. The number of nitrogens with one attached hydrogen (secondary N) is 1. The van der Waals surface area contributed by atoms with Gasteiger partial charge in [0.1, 0.15) is 5.75 Å². The van der Waals surface area contributed by atoms with E-state index in [1.807, 2.05) is 19.2 Å². The van der Waals surface area contributed by atoms with Gasteiger partial charge in [0.25, 0.3) is 0 Å². The molecule has 2 aromatic rings. The number of ether oxygens (including phenoxy) is 1. The zero-order valence-corrected chi connectivity index (χ0v) is 11.0. The third kappa shape index (κ3) is 2.59. The molecule has 0 saturated heterocycles. The molecule has 0 saturated carbocycles. The van der Waals surface area contributed by atoms with Gasteiger partial charge in [-0.05, 0) is 31.0 Å². The number of imidazole rings is 1. The van der Waals surface area contributed by atoms with E-state index in [0.717, 1.165) is 30.2 Å². The lowest BCUT2D eigenvalue weighted by Crippen LogP contribution is -2.21. The Morgan fingerprint density at radius 1 is 1.45 bits per heavy atom. The highest BCUT2D eigenvalue weighted by atomic mass is 19.3. The molecule has 2 heterocycles. The van der Waals surface area contributed by atoms with Crippen LogP contribution in [0.15, 0.2) is 30.5 Å². The van der Waals surface area contributed by atoms with Crippen LogP contribution < -0.4 is 10.1 Å². The SMILES string of the molecule is Cc1cn2c(n1)NC(c1cccc(OC(F)F)c1)CC2. The third-order valence-electron chi connectivity index (χ3n) is 3.34. The number of fused-ring (bicyclic) bond motifs is 1. The van der Waals surface area contributed by atoms with Gasteiger partial charge in [0.2, 0.25) is 5.95 Å². The molecular weight excluding hydrogens is 264 g/mol. The molecule has 4 nitrogen and oxygen atoms in total. The predicted octanol–water partition coefficient (Wildman–Crippen LogP) is 3.35. The first-order chi connectivity index (χ1) is 9.61. The summed E-state index contributed by atoms with van der Waals surface area (Å²) in [5.74, 6) is 1.00. The number of rotatable bonds is 3. The van der Waals surface area contributed by atoms with Gasteiger partial charge in [0, 0.05) is 12.7 Å². The summed E-state index contributed by atoms with van der Waals surface area (Å²) in [6.07, 6.45) is 2.87. The summed E-state index contributed by atoms with van der Waals surface area (Å²) in [6, 6.07) is 6.87. The minimum absolute atomic E-state index is 0.0607. The van der Waals surface area contributed by atoms with E-state index in [-0.39, 0.29) is 11.8 Å². The van der Waals surface area contributed by atoms with E-state index in [0.29, 0.717) is 0 Å². The standard InChI is InChI=1S/C14H15F2N3O/c1-9-8-19-6-5-12(18-14(19)17-9)10-3-2-4-11(7-10)20-13(15)16/h2-4,7-8,12-13H,5-6H2,1H3,(H,17,18). The molecule has 1 atom stereocenters. The van der Waals surface area contributed by atoms with Crippen LogP contribution in [-0.4, -0.2) is 16.2 Å². The fourth-order valence-corrected chi connectivity index (χ4v) is 2.49. The minimum atomic E-state index is -2.80. The number of hydrogen-bond acceptors (Lipinski definition) is 3. The van der Waals surface area contributed by atoms with Gasteiger partial charge < -0.3 is 14.6 Å². The van der Waals surface area contributed by atoms with Crippen molar-refractivity contribution in [3.8, 4) is 5.75 Å². The summed E-state index contributed by atoms with van der Waals surface area (Å²) in [5.41, 5.74) is 1.89. The van der Waals surface area contributed by atoms with Crippen LogP contribution in [0.5, 0.6) is 5.75 Å². The first kappa shape index (κ1) is 12.9. The summed E-state index contributed by atoms with van der Waals surface area (Å²) in [4.78, 5) is 4.40. The van der Waals surface area contributed by atoms with Crippen molar-refractivity contribution in [2.75, 3.05) is 5.32 Å². The zero-order chi connectivity index (χ0) is 14.1. The molecule has 106 valence electrons. The molecule has 0 bridgehead atoms. The lowest BCUT2D eigenvalue weighted by atomic mass is 10.0. The second-order valence-electron chi connectivity index (χ2n) is 4.84. The Bertz CT molecular complexity index is 612. The van der Waals surface area contributed by atoms with Crippen molar-refractivity contribution in [1.29, 1.82) is 0 Å². The summed E-state index contributed by atoms with van der Waals surface area (Å²) in [7, 11) is 0. The van der Waals surface area contributed by atoms with Crippen LogP contribution in [0, 0.1) is 6.92 Å². The number of nitrogens with zero attached hydrogens (tertiary/aromatic N) is 2. The second kappa shape index (κ2) is 5.11. The van der Waals surface area contributed by atoms with Gasteiger partial charge in [0.15, 0.2) is 0 Å². The summed E-state index contributed by atoms with van der Waals surface area (Å²) >= 11 is 0. The number of alkyl halides is 2. The number of anilines is 1. The lowest BCUT2D eigenvalue weighted by Gasteiger charge is -2.26. The van der Waals surface area contributed by atoms with E-state index in [1.165, 1.54) is 6.07 Å². The predicted molar refractivity (Wildman–Crippen MR) is 71.0 cm³/mol. The Kier molecular flexibility index (Phi) is 3.30. The number of benzene rings is 1. The van der Waals surface area contributed by atoms with Gasteiger partial charge in [-0.15, -0.1) is 0 Å². The molecule has 1 aromatic carbocycles. The molecule has 3 rings (SSSR count). The van der Waals surface area contributed by atoms with E-state index in [1.54, 1.807) is 12.1 Å². The van der Waals surface area contributed by atoms with E-state index in [4.69, 9.17) is 0 Å².